The Kier molecular flexibility index (Phi) is 4.52. The highest BCUT2D eigenvalue weighted by Gasteiger charge is 2.03. The Morgan fingerprint density at radius 2 is 1.91 bits per heavy atom. The number of fused-ring (bicyclic) bond motifs is 1. The Morgan fingerprint density at radius 1 is 1.09 bits per heavy atom. The molecule has 0 bridgehead atoms. The first-order valence-corrected chi connectivity index (χ1v) is 7.63. The number of benzene rings is 2. The molecule has 0 radical (unpaired) electrons. The maximum absolute atomic E-state index is 5.30. The normalized spacial score (nSPS) is 10.8. The molecule has 6 heteroatoms. The number of aliphatic imine (C=N–C) groups is 1. The Balaban J connectivity index is 1.62. The minimum absolute atomic E-state index is 0.130. The van der Waals surface area contributed by atoms with Gasteiger partial charge in [0.25, 0.3) is 0 Å². The van der Waals surface area contributed by atoms with Crippen molar-refractivity contribution in [2.24, 2.45) is 16.5 Å². The van der Waals surface area contributed by atoms with Crippen molar-refractivity contribution < 1.29 is 0 Å². The van der Waals surface area contributed by atoms with E-state index in [-0.39, 0.29) is 5.96 Å². The lowest BCUT2D eigenvalue weighted by atomic mass is 10.1. The number of guanidine groups is 1. The third-order valence-electron chi connectivity index (χ3n) is 3.63. The Bertz CT molecular complexity index is 817. The van der Waals surface area contributed by atoms with E-state index in [4.69, 9.17) is 11.5 Å². The molecule has 3 rings (SSSR count). The summed E-state index contributed by atoms with van der Waals surface area (Å²) in [6, 6.07) is 14.8. The molecule has 0 saturated carbocycles. The van der Waals surface area contributed by atoms with E-state index in [1.54, 1.807) is 0 Å². The summed E-state index contributed by atoms with van der Waals surface area (Å²) < 4.78 is 1.86. The van der Waals surface area contributed by atoms with E-state index in [1.807, 2.05) is 16.9 Å². The summed E-state index contributed by atoms with van der Waals surface area (Å²) in [7, 11) is 0. The zero-order chi connectivity index (χ0) is 16.1. The Hall–Kier alpha value is -2.89. The van der Waals surface area contributed by atoms with Gasteiger partial charge in [0.2, 0.25) is 0 Å². The molecule has 0 aliphatic heterocycles. The minimum Gasteiger partial charge on any atom is -0.370 e. The lowest BCUT2D eigenvalue weighted by molar-refractivity contribution is 0.649. The Labute approximate surface area is 134 Å². The van der Waals surface area contributed by atoms with Gasteiger partial charge in [-0.25, -0.2) is 4.68 Å². The summed E-state index contributed by atoms with van der Waals surface area (Å²) in [4.78, 5) is 3.96. The van der Waals surface area contributed by atoms with Crippen LogP contribution in [-0.2, 0) is 13.0 Å². The molecule has 23 heavy (non-hydrogen) atoms. The summed E-state index contributed by atoms with van der Waals surface area (Å²) >= 11 is 0. The number of hydrogen-bond donors (Lipinski definition) is 2. The predicted molar refractivity (Wildman–Crippen MR) is 92.1 cm³/mol. The van der Waals surface area contributed by atoms with Crippen molar-refractivity contribution in [2.75, 3.05) is 6.54 Å². The summed E-state index contributed by atoms with van der Waals surface area (Å²) in [6.07, 6.45) is 3.64. The number of nitrogens with zero attached hydrogens (tertiary/aromatic N) is 4. The molecular weight excluding hydrogens is 288 g/mol. The van der Waals surface area contributed by atoms with Gasteiger partial charge in [-0.05, 0) is 35.2 Å². The van der Waals surface area contributed by atoms with Gasteiger partial charge in [0.15, 0.2) is 5.96 Å². The molecule has 2 aromatic carbocycles. The van der Waals surface area contributed by atoms with Crippen LogP contribution >= 0.6 is 0 Å². The monoisotopic (exact) mass is 308 g/mol. The largest absolute Gasteiger partial charge is 0.370 e. The van der Waals surface area contributed by atoms with Crippen LogP contribution in [0.4, 0.5) is 0 Å². The minimum atomic E-state index is 0.130. The van der Waals surface area contributed by atoms with E-state index in [9.17, 15) is 0 Å². The molecule has 1 aromatic heterocycles. The van der Waals surface area contributed by atoms with Crippen LogP contribution in [0, 0.1) is 0 Å². The number of aromatic nitrogens is 3. The molecule has 0 amide bonds. The van der Waals surface area contributed by atoms with Crippen molar-refractivity contribution in [3.8, 4) is 0 Å². The van der Waals surface area contributed by atoms with E-state index in [0.717, 1.165) is 18.5 Å². The molecule has 0 unspecified atom stereocenters. The van der Waals surface area contributed by atoms with Crippen molar-refractivity contribution in [3.63, 3.8) is 0 Å². The van der Waals surface area contributed by atoms with Gasteiger partial charge in [0, 0.05) is 12.7 Å². The van der Waals surface area contributed by atoms with Gasteiger partial charge in [0.05, 0.1) is 12.2 Å². The van der Waals surface area contributed by atoms with Crippen LogP contribution in [0.1, 0.15) is 17.7 Å². The van der Waals surface area contributed by atoms with Crippen molar-refractivity contribution >= 4 is 16.7 Å². The third-order valence-corrected chi connectivity index (χ3v) is 3.63. The molecule has 4 N–H and O–H groups in total. The first-order chi connectivity index (χ1) is 11.2. The molecule has 0 saturated heterocycles. The fourth-order valence-corrected chi connectivity index (χ4v) is 2.52. The highest BCUT2D eigenvalue weighted by Crippen LogP contribution is 2.16. The van der Waals surface area contributed by atoms with Crippen LogP contribution in [0.2, 0.25) is 0 Å². The van der Waals surface area contributed by atoms with Gasteiger partial charge in [-0.15, -0.1) is 5.10 Å². The van der Waals surface area contributed by atoms with Crippen molar-refractivity contribution in [1.29, 1.82) is 0 Å². The van der Waals surface area contributed by atoms with Crippen LogP contribution in [0.15, 0.2) is 53.7 Å². The molecular formula is C17H20N6. The number of rotatable bonds is 6. The van der Waals surface area contributed by atoms with Crippen LogP contribution in [0.3, 0.4) is 0 Å². The molecule has 0 spiro atoms. The topological polar surface area (TPSA) is 95.1 Å². The highest BCUT2D eigenvalue weighted by atomic mass is 15.4. The SMILES string of the molecule is NC(N)=NCCCc1cn(Cc2ccc3ccccc3c2)nn1. The summed E-state index contributed by atoms with van der Waals surface area (Å²) in [5.41, 5.74) is 12.8. The van der Waals surface area contributed by atoms with E-state index in [1.165, 1.54) is 16.3 Å². The number of hydrogen-bond acceptors (Lipinski definition) is 3. The fourth-order valence-electron chi connectivity index (χ4n) is 2.52. The van der Waals surface area contributed by atoms with Crippen LogP contribution < -0.4 is 11.5 Å². The molecule has 0 aliphatic carbocycles. The standard InChI is InChI=1S/C17H20N6/c18-17(19)20-9-3-6-16-12-23(22-21-16)11-13-7-8-14-4-1-2-5-15(14)10-13/h1-2,4-5,7-8,10,12H,3,6,9,11H2,(H4,18,19,20). The van der Waals surface area contributed by atoms with Gasteiger partial charge in [-0.3, -0.25) is 4.99 Å². The third kappa shape index (κ3) is 4.06. The van der Waals surface area contributed by atoms with E-state index >= 15 is 0 Å². The van der Waals surface area contributed by atoms with E-state index < -0.39 is 0 Å². The second-order valence-corrected chi connectivity index (χ2v) is 5.50. The molecule has 6 nitrogen and oxygen atoms in total. The summed E-state index contributed by atoms with van der Waals surface area (Å²) in [5, 5.41) is 10.9. The lowest BCUT2D eigenvalue weighted by Crippen LogP contribution is -2.23. The average Bonchev–Trinajstić information content (AvgIpc) is 2.99. The molecule has 0 atom stereocenters. The van der Waals surface area contributed by atoms with E-state index in [2.05, 4.69) is 51.7 Å². The van der Waals surface area contributed by atoms with Crippen LogP contribution in [0.5, 0.6) is 0 Å². The van der Waals surface area contributed by atoms with Gasteiger partial charge in [-0.1, -0.05) is 41.6 Å². The zero-order valence-electron chi connectivity index (χ0n) is 12.9. The predicted octanol–water partition coefficient (Wildman–Crippen LogP) is 1.69. The van der Waals surface area contributed by atoms with Crippen LogP contribution in [-0.4, -0.2) is 27.5 Å². The van der Waals surface area contributed by atoms with Gasteiger partial charge in [0.1, 0.15) is 0 Å². The van der Waals surface area contributed by atoms with Crippen molar-refractivity contribution in [1.82, 2.24) is 15.0 Å². The molecule has 118 valence electrons. The molecule has 0 aliphatic rings. The van der Waals surface area contributed by atoms with Crippen molar-refractivity contribution in [2.45, 2.75) is 19.4 Å². The van der Waals surface area contributed by atoms with Crippen LogP contribution in [0.25, 0.3) is 10.8 Å². The quantitative estimate of drug-likeness (QED) is 0.411. The maximum atomic E-state index is 5.30. The van der Waals surface area contributed by atoms with E-state index in [0.29, 0.717) is 13.1 Å². The zero-order valence-corrected chi connectivity index (χ0v) is 12.9. The first-order valence-electron chi connectivity index (χ1n) is 7.63. The Morgan fingerprint density at radius 3 is 2.74 bits per heavy atom. The van der Waals surface area contributed by atoms with Gasteiger partial charge < -0.3 is 11.5 Å². The number of nitrogens with two attached hydrogens (primary N) is 2. The summed E-state index contributed by atoms with van der Waals surface area (Å²) in [5.74, 6) is 0.130. The number of aryl methyl sites for hydroxylation is 1. The molecule has 0 fully saturated rings. The lowest BCUT2D eigenvalue weighted by Gasteiger charge is -2.03. The van der Waals surface area contributed by atoms with Gasteiger partial charge in [-0.2, -0.15) is 0 Å². The second-order valence-electron chi connectivity index (χ2n) is 5.50. The van der Waals surface area contributed by atoms with Crippen molar-refractivity contribution in [3.05, 3.63) is 59.9 Å². The highest BCUT2D eigenvalue weighted by molar-refractivity contribution is 5.82. The fraction of sp³-hybridized carbons (Fsp3) is 0.235. The summed E-state index contributed by atoms with van der Waals surface area (Å²) in [6.45, 7) is 1.33. The molecule has 3 aromatic rings. The average molecular weight is 308 g/mol. The smallest absolute Gasteiger partial charge is 0.185 e. The second kappa shape index (κ2) is 6.91. The maximum Gasteiger partial charge on any atom is 0.185 e. The van der Waals surface area contributed by atoms with Gasteiger partial charge >= 0.3 is 0 Å². The first kappa shape index (κ1) is 15.0. The molecule has 1 heterocycles.